The zero-order valence-electron chi connectivity index (χ0n) is 11.4. The van der Waals surface area contributed by atoms with Crippen LogP contribution >= 0.6 is 0 Å². The molecule has 0 bridgehead atoms. The summed E-state index contributed by atoms with van der Waals surface area (Å²) >= 11 is 0. The summed E-state index contributed by atoms with van der Waals surface area (Å²) in [5.74, 6) is -1.78. The lowest BCUT2D eigenvalue weighted by Gasteiger charge is -2.17. The Kier molecular flexibility index (Phi) is 4.80. The van der Waals surface area contributed by atoms with Gasteiger partial charge < -0.3 is 5.11 Å². The van der Waals surface area contributed by atoms with Gasteiger partial charge in [0, 0.05) is 0 Å². The molecule has 2 aliphatic rings. The van der Waals surface area contributed by atoms with Gasteiger partial charge in [-0.05, 0) is 31.6 Å². The van der Waals surface area contributed by atoms with Gasteiger partial charge in [-0.3, -0.25) is 14.4 Å². The number of rotatable bonds is 5. The number of carbonyl (C=O) groups excluding carboxylic acids is 1. The second-order valence-electron chi connectivity index (χ2n) is 5.79. The molecule has 3 atom stereocenters. The zero-order chi connectivity index (χ0) is 13.8. The van der Waals surface area contributed by atoms with E-state index >= 15 is 0 Å². The number of carboxylic acid groups (broad SMARTS) is 1. The molecule has 2 fully saturated rings. The maximum Gasteiger partial charge on any atom is 0.307 e. The quantitative estimate of drug-likeness (QED) is 0.750. The highest BCUT2D eigenvalue weighted by atomic mass is 16.7. The van der Waals surface area contributed by atoms with Crippen molar-refractivity contribution in [1.29, 1.82) is 0 Å². The van der Waals surface area contributed by atoms with Gasteiger partial charge in [-0.1, -0.05) is 26.2 Å². The average Bonchev–Trinajstić information content (AvgIpc) is 3.04. The first kappa shape index (κ1) is 14.3. The molecule has 0 aromatic heterocycles. The topological polar surface area (TPSA) is 75.6 Å². The number of carboxylic acids is 1. The predicted molar refractivity (Wildman–Crippen MR) is 69.1 cm³/mol. The van der Waals surface area contributed by atoms with Crippen LogP contribution in [0.1, 0.15) is 51.9 Å². The smallest absolute Gasteiger partial charge is 0.307 e. The molecule has 19 heavy (non-hydrogen) atoms. The molecule has 0 aromatic carbocycles. The molecule has 2 N–H and O–H groups in total. The average molecular weight is 269 g/mol. The van der Waals surface area contributed by atoms with Crippen LogP contribution in [0.25, 0.3) is 0 Å². The van der Waals surface area contributed by atoms with Gasteiger partial charge >= 0.3 is 5.97 Å². The molecule has 2 saturated carbocycles. The Labute approximate surface area is 113 Å². The first-order valence-corrected chi connectivity index (χ1v) is 7.30. The van der Waals surface area contributed by atoms with Crippen molar-refractivity contribution in [3.8, 4) is 0 Å². The Hall–Kier alpha value is -1.10. The van der Waals surface area contributed by atoms with Crippen molar-refractivity contribution >= 4 is 11.9 Å². The third kappa shape index (κ3) is 3.47. The van der Waals surface area contributed by atoms with Crippen LogP contribution in [0.2, 0.25) is 0 Å². The van der Waals surface area contributed by atoms with Crippen molar-refractivity contribution in [2.24, 2.45) is 17.8 Å². The van der Waals surface area contributed by atoms with Crippen LogP contribution in [-0.2, 0) is 14.4 Å². The first-order chi connectivity index (χ1) is 9.11. The second kappa shape index (κ2) is 6.37. The van der Waals surface area contributed by atoms with Crippen LogP contribution in [0, 0.1) is 17.8 Å². The Morgan fingerprint density at radius 3 is 2.42 bits per heavy atom. The molecule has 2 aliphatic carbocycles. The van der Waals surface area contributed by atoms with Gasteiger partial charge in [0.2, 0.25) is 5.91 Å². The maximum absolute atomic E-state index is 12.1. The molecule has 2 rings (SSSR count). The number of amides is 1. The van der Waals surface area contributed by atoms with E-state index in [0.717, 1.165) is 32.1 Å². The molecule has 0 aliphatic heterocycles. The molecule has 0 heterocycles. The lowest BCUT2D eigenvalue weighted by molar-refractivity contribution is -0.151. The summed E-state index contributed by atoms with van der Waals surface area (Å²) in [5, 5.41) is 9.20. The summed E-state index contributed by atoms with van der Waals surface area (Å²) in [6, 6.07) is 0. The van der Waals surface area contributed by atoms with E-state index in [1.807, 2.05) is 6.92 Å². The Balaban J connectivity index is 1.87. The van der Waals surface area contributed by atoms with Crippen molar-refractivity contribution in [3.63, 3.8) is 0 Å². The lowest BCUT2D eigenvalue weighted by Crippen LogP contribution is -2.37. The summed E-state index contributed by atoms with van der Waals surface area (Å²) in [6.07, 6.45) is 6.53. The minimum Gasteiger partial charge on any atom is -0.481 e. The van der Waals surface area contributed by atoms with Crippen molar-refractivity contribution in [1.82, 2.24) is 5.48 Å². The molecule has 108 valence electrons. The van der Waals surface area contributed by atoms with Gasteiger partial charge in [0.25, 0.3) is 0 Å². The highest BCUT2D eigenvalue weighted by molar-refractivity contribution is 5.84. The van der Waals surface area contributed by atoms with E-state index in [2.05, 4.69) is 5.48 Å². The summed E-state index contributed by atoms with van der Waals surface area (Å²) in [7, 11) is 0. The molecule has 0 spiro atoms. The Morgan fingerprint density at radius 1 is 1.21 bits per heavy atom. The maximum atomic E-state index is 12.1. The van der Waals surface area contributed by atoms with E-state index in [0.29, 0.717) is 18.8 Å². The summed E-state index contributed by atoms with van der Waals surface area (Å²) in [4.78, 5) is 28.7. The fourth-order valence-electron chi connectivity index (χ4n) is 3.26. The minimum atomic E-state index is -0.864. The van der Waals surface area contributed by atoms with Crippen molar-refractivity contribution < 1.29 is 19.5 Å². The van der Waals surface area contributed by atoms with E-state index in [9.17, 15) is 14.7 Å². The van der Waals surface area contributed by atoms with Gasteiger partial charge in [-0.2, -0.15) is 0 Å². The molecule has 1 amide bonds. The van der Waals surface area contributed by atoms with E-state index in [1.54, 1.807) is 0 Å². The van der Waals surface area contributed by atoms with Crippen molar-refractivity contribution in [3.05, 3.63) is 0 Å². The van der Waals surface area contributed by atoms with Crippen LogP contribution < -0.4 is 5.48 Å². The second-order valence-corrected chi connectivity index (χ2v) is 5.79. The monoisotopic (exact) mass is 269 g/mol. The van der Waals surface area contributed by atoms with E-state index in [-0.39, 0.29) is 12.0 Å². The van der Waals surface area contributed by atoms with E-state index < -0.39 is 17.8 Å². The number of hydrogen-bond donors (Lipinski definition) is 2. The third-order valence-electron chi connectivity index (χ3n) is 4.52. The largest absolute Gasteiger partial charge is 0.481 e. The van der Waals surface area contributed by atoms with Crippen LogP contribution in [0.3, 0.4) is 0 Å². The number of nitrogens with one attached hydrogen (secondary N) is 1. The number of hydrogen-bond acceptors (Lipinski definition) is 3. The highest BCUT2D eigenvalue weighted by Gasteiger charge is 2.42. The molecule has 3 unspecified atom stereocenters. The minimum absolute atomic E-state index is 0.107. The molecule has 0 aromatic rings. The zero-order valence-corrected chi connectivity index (χ0v) is 11.4. The summed E-state index contributed by atoms with van der Waals surface area (Å²) < 4.78 is 0. The highest BCUT2D eigenvalue weighted by Crippen LogP contribution is 2.38. The SMILES string of the molecule is CCC1CC(C(=O)O)C(C(=O)NOC2CCCC2)C1. The number of aliphatic carboxylic acids is 1. The third-order valence-corrected chi connectivity index (χ3v) is 4.52. The molecule has 5 nitrogen and oxygen atoms in total. The fraction of sp³-hybridized carbons (Fsp3) is 0.857. The predicted octanol–water partition coefficient (Wildman–Crippen LogP) is 2.11. The molecule has 0 radical (unpaired) electrons. The van der Waals surface area contributed by atoms with Crippen LogP contribution in [0.15, 0.2) is 0 Å². The normalized spacial score (nSPS) is 31.5. The van der Waals surface area contributed by atoms with Crippen LogP contribution in [0.5, 0.6) is 0 Å². The summed E-state index contributed by atoms with van der Waals surface area (Å²) in [5.41, 5.74) is 2.49. The summed E-state index contributed by atoms with van der Waals surface area (Å²) in [6.45, 7) is 2.04. The van der Waals surface area contributed by atoms with Gasteiger partial charge in [0.1, 0.15) is 0 Å². The standard InChI is InChI=1S/C14H23NO4/c1-2-9-7-11(12(8-9)14(17)18)13(16)15-19-10-5-3-4-6-10/h9-12H,2-8H2,1H3,(H,15,16)(H,17,18). The van der Waals surface area contributed by atoms with E-state index in [4.69, 9.17) is 4.84 Å². The molecule has 5 heteroatoms. The van der Waals surface area contributed by atoms with Gasteiger partial charge in [0.15, 0.2) is 0 Å². The fourth-order valence-corrected chi connectivity index (χ4v) is 3.26. The Morgan fingerprint density at radius 2 is 1.84 bits per heavy atom. The molecular weight excluding hydrogens is 246 g/mol. The van der Waals surface area contributed by atoms with Crippen LogP contribution in [0.4, 0.5) is 0 Å². The van der Waals surface area contributed by atoms with Crippen molar-refractivity contribution in [2.45, 2.75) is 58.0 Å². The lowest BCUT2D eigenvalue weighted by atomic mass is 9.96. The van der Waals surface area contributed by atoms with Gasteiger partial charge in [0.05, 0.1) is 17.9 Å². The number of carbonyl (C=O) groups is 2. The van der Waals surface area contributed by atoms with Crippen LogP contribution in [-0.4, -0.2) is 23.1 Å². The van der Waals surface area contributed by atoms with Gasteiger partial charge in [-0.15, -0.1) is 0 Å². The molecule has 0 saturated heterocycles. The molecular formula is C14H23NO4. The first-order valence-electron chi connectivity index (χ1n) is 7.30. The van der Waals surface area contributed by atoms with Crippen molar-refractivity contribution in [2.75, 3.05) is 0 Å². The Bertz CT molecular complexity index is 338. The number of hydroxylamine groups is 1. The van der Waals surface area contributed by atoms with Gasteiger partial charge in [-0.25, -0.2) is 5.48 Å². The van der Waals surface area contributed by atoms with E-state index in [1.165, 1.54) is 0 Å².